The lowest BCUT2D eigenvalue weighted by Gasteiger charge is -2.09. The smallest absolute Gasteiger partial charge is 0.161 e. The van der Waals surface area contributed by atoms with Gasteiger partial charge >= 0.3 is 0 Å². The minimum atomic E-state index is 0.430. The Kier molecular flexibility index (Phi) is 4.66. The van der Waals surface area contributed by atoms with Gasteiger partial charge in [0.1, 0.15) is 5.82 Å². The van der Waals surface area contributed by atoms with Crippen molar-refractivity contribution in [3.05, 3.63) is 38.4 Å². The number of nitrogens with two attached hydrogens (primary N) is 1. The average molecular weight is 361 g/mol. The summed E-state index contributed by atoms with van der Waals surface area (Å²) >= 11 is 15.3. The summed E-state index contributed by atoms with van der Waals surface area (Å²) in [6.45, 7) is 2.09. The first kappa shape index (κ1) is 14.6. The molecule has 1 heterocycles. The van der Waals surface area contributed by atoms with Gasteiger partial charge in [0.2, 0.25) is 0 Å². The van der Waals surface area contributed by atoms with Gasteiger partial charge in [0, 0.05) is 5.56 Å². The maximum Gasteiger partial charge on any atom is 0.161 e. The number of aryl methyl sites for hydroxylation is 1. The fourth-order valence-electron chi connectivity index (χ4n) is 1.68. The van der Waals surface area contributed by atoms with E-state index in [-0.39, 0.29) is 0 Å². The summed E-state index contributed by atoms with van der Waals surface area (Å²) in [5.41, 5.74) is 7.60. The van der Waals surface area contributed by atoms with E-state index in [4.69, 9.17) is 28.9 Å². The molecule has 0 aliphatic heterocycles. The second kappa shape index (κ2) is 6.07. The first-order valence-corrected chi connectivity index (χ1v) is 7.35. The molecule has 0 fully saturated rings. The Labute approximate surface area is 130 Å². The lowest BCUT2D eigenvalue weighted by Crippen LogP contribution is -2.02. The second-order valence-electron chi connectivity index (χ2n) is 4.07. The normalized spacial score (nSPS) is 10.7. The Morgan fingerprint density at radius 3 is 2.58 bits per heavy atom. The molecule has 0 bridgehead atoms. The number of nitrogen functional groups attached to an aromatic ring is 1. The van der Waals surface area contributed by atoms with E-state index in [1.165, 1.54) is 0 Å². The van der Waals surface area contributed by atoms with Crippen molar-refractivity contribution in [3.8, 4) is 11.4 Å². The molecule has 0 spiro atoms. The van der Waals surface area contributed by atoms with Crippen LogP contribution in [0.25, 0.3) is 11.4 Å². The van der Waals surface area contributed by atoms with Gasteiger partial charge in [0.15, 0.2) is 5.82 Å². The number of halogens is 3. The third-order valence-corrected chi connectivity index (χ3v) is 4.21. The van der Waals surface area contributed by atoms with E-state index in [1.54, 1.807) is 12.1 Å². The number of nitrogens with zero attached hydrogens (tertiary/aromatic N) is 2. The van der Waals surface area contributed by atoms with Gasteiger partial charge in [-0.2, -0.15) is 0 Å². The molecule has 2 N–H and O–H groups in total. The van der Waals surface area contributed by atoms with E-state index in [9.17, 15) is 0 Å². The summed E-state index contributed by atoms with van der Waals surface area (Å²) in [5, 5.41) is 0.977. The number of benzene rings is 1. The molecule has 0 atom stereocenters. The average Bonchev–Trinajstić information content (AvgIpc) is 2.38. The minimum Gasteiger partial charge on any atom is -0.383 e. The van der Waals surface area contributed by atoms with Crippen LogP contribution in [-0.2, 0) is 6.42 Å². The number of aromatic nitrogens is 2. The minimum absolute atomic E-state index is 0.430. The predicted molar refractivity (Wildman–Crippen MR) is 83.6 cm³/mol. The van der Waals surface area contributed by atoms with Crippen molar-refractivity contribution >= 4 is 44.9 Å². The van der Waals surface area contributed by atoms with E-state index in [0.717, 1.165) is 28.6 Å². The molecule has 1 aromatic heterocycles. The first-order valence-electron chi connectivity index (χ1n) is 5.80. The Bertz CT molecular complexity index is 617. The Morgan fingerprint density at radius 1 is 1.21 bits per heavy atom. The lowest BCUT2D eigenvalue weighted by atomic mass is 10.2. The van der Waals surface area contributed by atoms with Crippen molar-refractivity contribution in [2.45, 2.75) is 19.8 Å². The Balaban J connectivity index is 2.52. The first-order chi connectivity index (χ1) is 9.02. The summed E-state index contributed by atoms with van der Waals surface area (Å²) in [6, 6.07) is 5.29. The third-order valence-electron chi connectivity index (χ3n) is 2.61. The number of anilines is 1. The number of hydrogen-bond acceptors (Lipinski definition) is 3. The van der Waals surface area contributed by atoms with Gasteiger partial charge < -0.3 is 5.73 Å². The lowest BCUT2D eigenvalue weighted by molar-refractivity contribution is 0.870. The molecule has 0 saturated carbocycles. The molecule has 2 rings (SSSR count). The van der Waals surface area contributed by atoms with Gasteiger partial charge in [-0.3, -0.25) is 0 Å². The van der Waals surface area contributed by atoms with E-state index >= 15 is 0 Å². The van der Waals surface area contributed by atoms with Crippen molar-refractivity contribution in [1.29, 1.82) is 0 Å². The summed E-state index contributed by atoms with van der Waals surface area (Å²) in [7, 11) is 0. The second-order valence-corrected chi connectivity index (χ2v) is 5.68. The van der Waals surface area contributed by atoms with Crippen LogP contribution in [0.3, 0.4) is 0 Å². The van der Waals surface area contributed by atoms with Crippen LogP contribution in [0.2, 0.25) is 10.0 Å². The van der Waals surface area contributed by atoms with Crippen LogP contribution in [0.4, 0.5) is 5.82 Å². The zero-order chi connectivity index (χ0) is 14.0. The van der Waals surface area contributed by atoms with Crippen molar-refractivity contribution in [1.82, 2.24) is 9.97 Å². The molecule has 0 aliphatic rings. The van der Waals surface area contributed by atoms with E-state index in [1.807, 2.05) is 6.07 Å². The zero-order valence-electron chi connectivity index (χ0n) is 10.3. The summed E-state index contributed by atoms with van der Waals surface area (Å²) in [6.07, 6.45) is 1.82. The van der Waals surface area contributed by atoms with Crippen molar-refractivity contribution in [2.75, 3.05) is 5.73 Å². The van der Waals surface area contributed by atoms with Crippen molar-refractivity contribution in [3.63, 3.8) is 0 Å². The van der Waals surface area contributed by atoms with E-state index in [2.05, 4.69) is 32.8 Å². The molecule has 19 heavy (non-hydrogen) atoms. The zero-order valence-corrected chi connectivity index (χ0v) is 13.3. The van der Waals surface area contributed by atoms with Crippen molar-refractivity contribution < 1.29 is 0 Å². The molecule has 0 radical (unpaired) electrons. The highest BCUT2D eigenvalue weighted by atomic mass is 79.9. The fraction of sp³-hybridized carbons (Fsp3) is 0.231. The number of rotatable bonds is 3. The topological polar surface area (TPSA) is 51.8 Å². The van der Waals surface area contributed by atoms with Crippen LogP contribution in [0, 0.1) is 0 Å². The van der Waals surface area contributed by atoms with Gasteiger partial charge in [0.25, 0.3) is 0 Å². The van der Waals surface area contributed by atoms with Gasteiger partial charge in [-0.15, -0.1) is 0 Å². The van der Waals surface area contributed by atoms with Crippen LogP contribution in [0.1, 0.15) is 19.0 Å². The molecule has 0 unspecified atom stereocenters. The highest BCUT2D eigenvalue weighted by Crippen LogP contribution is 2.29. The van der Waals surface area contributed by atoms with E-state index in [0.29, 0.717) is 21.7 Å². The highest BCUT2D eigenvalue weighted by Gasteiger charge is 2.12. The molecular formula is C13H12BrCl2N3. The van der Waals surface area contributed by atoms with Gasteiger partial charge in [-0.25, -0.2) is 9.97 Å². The highest BCUT2D eigenvalue weighted by molar-refractivity contribution is 9.10. The summed E-state index contributed by atoms with van der Waals surface area (Å²) in [5.74, 6) is 0.988. The molecule has 2 aromatic rings. The largest absolute Gasteiger partial charge is 0.383 e. The summed E-state index contributed by atoms with van der Waals surface area (Å²) < 4.78 is 0.762. The third kappa shape index (κ3) is 3.19. The van der Waals surface area contributed by atoms with Crippen LogP contribution in [-0.4, -0.2) is 9.97 Å². The SMILES string of the molecule is CCCc1nc(-c2ccc(Cl)c(Cl)c2)nc(N)c1Br. The molecule has 100 valence electrons. The quantitative estimate of drug-likeness (QED) is 0.859. The summed E-state index contributed by atoms with van der Waals surface area (Å²) in [4.78, 5) is 8.80. The molecule has 0 saturated heterocycles. The molecule has 3 nitrogen and oxygen atoms in total. The standard InChI is InChI=1S/C13H12BrCl2N3/c1-2-3-10-11(14)12(17)19-13(18-10)7-4-5-8(15)9(16)6-7/h4-6H,2-3H2,1H3,(H2,17,18,19). The van der Waals surface area contributed by atoms with Gasteiger partial charge in [-0.1, -0.05) is 36.5 Å². The fourth-order valence-corrected chi connectivity index (χ4v) is 2.35. The van der Waals surface area contributed by atoms with Gasteiger partial charge in [0.05, 0.1) is 20.2 Å². The van der Waals surface area contributed by atoms with Crippen LogP contribution < -0.4 is 5.73 Å². The Hall–Kier alpha value is -0.840. The van der Waals surface area contributed by atoms with Crippen LogP contribution in [0.15, 0.2) is 22.7 Å². The number of hydrogen-bond donors (Lipinski definition) is 1. The molecule has 1 aromatic carbocycles. The molecule has 0 amide bonds. The Morgan fingerprint density at radius 2 is 1.95 bits per heavy atom. The maximum atomic E-state index is 6.01. The van der Waals surface area contributed by atoms with Gasteiger partial charge in [-0.05, 0) is 40.5 Å². The maximum absolute atomic E-state index is 6.01. The van der Waals surface area contributed by atoms with Crippen molar-refractivity contribution in [2.24, 2.45) is 0 Å². The van der Waals surface area contributed by atoms with Crippen LogP contribution in [0.5, 0.6) is 0 Å². The van der Waals surface area contributed by atoms with E-state index < -0.39 is 0 Å². The van der Waals surface area contributed by atoms with Crippen LogP contribution >= 0.6 is 39.1 Å². The predicted octanol–water partition coefficient (Wildman–Crippen LogP) is 4.75. The molecule has 0 aliphatic carbocycles. The molecular weight excluding hydrogens is 349 g/mol. The molecule has 6 heteroatoms. The monoisotopic (exact) mass is 359 g/mol.